The fourth-order valence-corrected chi connectivity index (χ4v) is 1.38. The van der Waals surface area contributed by atoms with Crippen molar-refractivity contribution in [2.24, 2.45) is 0 Å². The Bertz CT molecular complexity index is 285. The summed E-state index contributed by atoms with van der Waals surface area (Å²) in [7, 11) is -1.22. The SMILES string of the molecule is CCCCOc1ccc(CCB(O)O)cc1. The maximum Gasteiger partial charge on any atom is 0.451 e. The smallest absolute Gasteiger partial charge is 0.451 e. The van der Waals surface area contributed by atoms with Gasteiger partial charge in [-0.1, -0.05) is 25.5 Å². The van der Waals surface area contributed by atoms with E-state index in [-0.39, 0.29) is 0 Å². The Balaban J connectivity index is 2.35. The number of benzene rings is 1. The summed E-state index contributed by atoms with van der Waals surface area (Å²) < 4.78 is 5.53. The lowest BCUT2D eigenvalue weighted by Gasteiger charge is -2.06. The quantitative estimate of drug-likeness (QED) is 0.547. The lowest BCUT2D eigenvalue weighted by Crippen LogP contribution is -2.11. The highest BCUT2D eigenvalue weighted by Crippen LogP contribution is 2.14. The van der Waals surface area contributed by atoms with Gasteiger partial charge in [-0.15, -0.1) is 0 Å². The van der Waals surface area contributed by atoms with Crippen molar-refractivity contribution in [1.29, 1.82) is 0 Å². The monoisotopic (exact) mass is 222 g/mol. The normalized spacial score (nSPS) is 10.2. The second kappa shape index (κ2) is 7.31. The molecule has 0 atom stereocenters. The molecule has 0 saturated carbocycles. The third kappa shape index (κ3) is 5.19. The fourth-order valence-electron chi connectivity index (χ4n) is 1.38. The molecular formula is C12H19BO3. The first-order valence-corrected chi connectivity index (χ1v) is 5.80. The number of rotatable bonds is 7. The second-order valence-corrected chi connectivity index (χ2v) is 3.87. The largest absolute Gasteiger partial charge is 0.494 e. The predicted octanol–water partition coefficient (Wildman–Crippen LogP) is 1.88. The Morgan fingerprint density at radius 2 is 1.88 bits per heavy atom. The highest BCUT2D eigenvalue weighted by Gasteiger charge is 2.06. The Morgan fingerprint density at radius 3 is 2.44 bits per heavy atom. The Morgan fingerprint density at radius 1 is 1.19 bits per heavy atom. The van der Waals surface area contributed by atoms with Crippen LogP contribution in [0.3, 0.4) is 0 Å². The van der Waals surface area contributed by atoms with Crippen LogP contribution in [0, 0.1) is 0 Å². The van der Waals surface area contributed by atoms with Gasteiger partial charge in [-0.3, -0.25) is 0 Å². The van der Waals surface area contributed by atoms with Gasteiger partial charge in [0.05, 0.1) is 6.61 Å². The first-order valence-electron chi connectivity index (χ1n) is 5.80. The molecule has 0 radical (unpaired) electrons. The summed E-state index contributed by atoms with van der Waals surface area (Å²) in [4.78, 5) is 0. The lowest BCUT2D eigenvalue weighted by molar-refractivity contribution is 0.309. The number of aryl methyl sites for hydroxylation is 1. The van der Waals surface area contributed by atoms with Crippen molar-refractivity contribution in [3.8, 4) is 5.75 Å². The van der Waals surface area contributed by atoms with Crippen LogP contribution in [0.15, 0.2) is 24.3 Å². The molecular weight excluding hydrogens is 203 g/mol. The van der Waals surface area contributed by atoms with Gasteiger partial charge in [-0.25, -0.2) is 0 Å². The topological polar surface area (TPSA) is 49.7 Å². The minimum atomic E-state index is -1.22. The first kappa shape index (κ1) is 13.1. The molecule has 0 unspecified atom stereocenters. The van der Waals surface area contributed by atoms with Gasteiger partial charge >= 0.3 is 7.12 Å². The average Bonchev–Trinajstić information content (AvgIpc) is 2.28. The zero-order valence-electron chi connectivity index (χ0n) is 9.72. The van der Waals surface area contributed by atoms with Crippen LogP contribution in [0.5, 0.6) is 5.75 Å². The third-order valence-corrected chi connectivity index (χ3v) is 2.38. The summed E-state index contributed by atoms with van der Waals surface area (Å²) >= 11 is 0. The van der Waals surface area contributed by atoms with Crippen molar-refractivity contribution in [2.75, 3.05) is 6.61 Å². The lowest BCUT2D eigenvalue weighted by atomic mass is 9.83. The molecule has 0 aliphatic heterocycles. The van der Waals surface area contributed by atoms with Crippen LogP contribution in [0.1, 0.15) is 25.3 Å². The second-order valence-electron chi connectivity index (χ2n) is 3.87. The summed E-state index contributed by atoms with van der Waals surface area (Å²) in [6.45, 7) is 2.89. The first-order chi connectivity index (χ1) is 7.72. The van der Waals surface area contributed by atoms with Crippen LogP contribution < -0.4 is 4.74 Å². The summed E-state index contributed by atoms with van der Waals surface area (Å²) in [6, 6.07) is 7.77. The summed E-state index contributed by atoms with van der Waals surface area (Å²) in [6.07, 6.45) is 3.24. The van der Waals surface area contributed by atoms with E-state index in [4.69, 9.17) is 14.8 Å². The molecule has 0 spiro atoms. The molecule has 0 aliphatic rings. The van der Waals surface area contributed by atoms with Gasteiger partial charge in [0.25, 0.3) is 0 Å². The minimum Gasteiger partial charge on any atom is -0.494 e. The van der Waals surface area contributed by atoms with Gasteiger partial charge in [0.2, 0.25) is 0 Å². The molecule has 0 saturated heterocycles. The molecule has 16 heavy (non-hydrogen) atoms. The zero-order chi connectivity index (χ0) is 11.8. The molecule has 88 valence electrons. The number of unbranched alkanes of at least 4 members (excludes halogenated alkanes) is 1. The van der Waals surface area contributed by atoms with Crippen LogP contribution in [0.4, 0.5) is 0 Å². The third-order valence-electron chi connectivity index (χ3n) is 2.38. The van der Waals surface area contributed by atoms with E-state index in [0.29, 0.717) is 12.7 Å². The van der Waals surface area contributed by atoms with Crippen molar-refractivity contribution < 1.29 is 14.8 Å². The molecule has 1 rings (SSSR count). The Hall–Kier alpha value is -0.995. The van der Waals surface area contributed by atoms with E-state index >= 15 is 0 Å². The molecule has 2 N–H and O–H groups in total. The van der Waals surface area contributed by atoms with Gasteiger partial charge in [0.15, 0.2) is 0 Å². The minimum absolute atomic E-state index is 0.371. The molecule has 3 nitrogen and oxygen atoms in total. The summed E-state index contributed by atoms with van der Waals surface area (Å²) in [5.74, 6) is 0.877. The van der Waals surface area contributed by atoms with Crippen LogP contribution in [0.2, 0.25) is 6.32 Å². The van der Waals surface area contributed by atoms with Crippen molar-refractivity contribution in [3.05, 3.63) is 29.8 Å². The zero-order valence-corrected chi connectivity index (χ0v) is 9.72. The molecule has 0 fully saturated rings. The molecule has 0 bridgehead atoms. The van der Waals surface area contributed by atoms with E-state index in [1.165, 1.54) is 0 Å². The van der Waals surface area contributed by atoms with Crippen LogP contribution >= 0.6 is 0 Å². The van der Waals surface area contributed by atoms with Crippen LogP contribution in [0.25, 0.3) is 0 Å². The fraction of sp³-hybridized carbons (Fsp3) is 0.500. The van der Waals surface area contributed by atoms with Gasteiger partial charge in [-0.2, -0.15) is 0 Å². The summed E-state index contributed by atoms with van der Waals surface area (Å²) in [5, 5.41) is 17.5. The molecule has 0 aliphatic carbocycles. The number of ether oxygens (including phenoxy) is 1. The standard InChI is InChI=1S/C12H19BO3/c1-2-3-10-16-12-6-4-11(5-7-12)8-9-13(14)15/h4-7,14-15H,2-3,8-10H2,1H3. The van der Waals surface area contributed by atoms with Crippen LogP contribution in [-0.2, 0) is 6.42 Å². The predicted molar refractivity (Wildman–Crippen MR) is 65.5 cm³/mol. The molecule has 0 amide bonds. The van der Waals surface area contributed by atoms with Gasteiger partial charge in [-0.05, 0) is 36.9 Å². The van der Waals surface area contributed by atoms with E-state index < -0.39 is 7.12 Å². The number of hydrogen-bond acceptors (Lipinski definition) is 3. The molecule has 0 heterocycles. The van der Waals surface area contributed by atoms with Crippen molar-refractivity contribution >= 4 is 7.12 Å². The average molecular weight is 222 g/mol. The highest BCUT2D eigenvalue weighted by molar-refractivity contribution is 6.40. The molecule has 4 heteroatoms. The molecule has 1 aromatic carbocycles. The van der Waals surface area contributed by atoms with Gasteiger partial charge < -0.3 is 14.8 Å². The molecule has 0 aromatic heterocycles. The van der Waals surface area contributed by atoms with E-state index in [1.807, 2.05) is 24.3 Å². The van der Waals surface area contributed by atoms with Crippen molar-refractivity contribution in [3.63, 3.8) is 0 Å². The van der Waals surface area contributed by atoms with Crippen LogP contribution in [-0.4, -0.2) is 23.8 Å². The Labute approximate surface area is 97.2 Å². The van der Waals surface area contributed by atoms with Crippen molar-refractivity contribution in [1.82, 2.24) is 0 Å². The molecule has 1 aromatic rings. The maximum absolute atomic E-state index is 8.74. The summed E-state index contributed by atoms with van der Waals surface area (Å²) in [5.41, 5.74) is 1.09. The van der Waals surface area contributed by atoms with Gasteiger partial charge in [0.1, 0.15) is 5.75 Å². The van der Waals surface area contributed by atoms with E-state index in [1.54, 1.807) is 0 Å². The van der Waals surface area contributed by atoms with Crippen molar-refractivity contribution in [2.45, 2.75) is 32.5 Å². The van der Waals surface area contributed by atoms with Gasteiger partial charge in [0, 0.05) is 0 Å². The van der Waals surface area contributed by atoms with E-state index in [9.17, 15) is 0 Å². The Kier molecular flexibility index (Phi) is 5.97. The highest BCUT2D eigenvalue weighted by atomic mass is 16.5. The van der Waals surface area contributed by atoms with E-state index in [0.717, 1.165) is 30.8 Å². The maximum atomic E-state index is 8.74. The van der Waals surface area contributed by atoms with E-state index in [2.05, 4.69) is 6.92 Å². The number of hydrogen-bond donors (Lipinski definition) is 2.